The highest BCUT2D eigenvalue weighted by molar-refractivity contribution is 6.18. The summed E-state index contributed by atoms with van der Waals surface area (Å²) in [7, 11) is 0. The zero-order valence-electron chi connectivity index (χ0n) is 15.2. The summed E-state index contributed by atoms with van der Waals surface area (Å²) in [5.74, 6) is -0.386. The largest absolute Gasteiger partial charge is 0.458 e. The van der Waals surface area contributed by atoms with Crippen LogP contribution < -0.4 is 5.56 Å². The Balaban J connectivity index is 1.81. The lowest BCUT2D eigenvalue weighted by atomic mass is 9.86. The first-order chi connectivity index (χ1) is 13.5. The number of alkyl halides is 1. The van der Waals surface area contributed by atoms with Crippen molar-refractivity contribution in [1.82, 2.24) is 9.55 Å². The molecule has 5 rings (SSSR count). The summed E-state index contributed by atoms with van der Waals surface area (Å²) in [6, 6.07) is 9.57. The van der Waals surface area contributed by atoms with E-state index in [0.717, 1.165) is 22.0 Å². The highest BCUT2D eigenvalue weighted by Gasteiger charge is 2.45. The molecule has 0 saturated heterocycles. The van der Waals surface area contributed by atoms with Crippen molar-refractivity contribution < 1.29 is 14.6 Å². The Labute approximate surface area is 165 Å². The van der Waals surface area contributed by atoms with Gasteiger partial charge in [0.25, 0.3) is 5.56 Å². The van der Waals surface area contributed by atoms with Gasteiger partial charge in [-0.2, -0.15) is 0 Å². The van der Waals surface area contributed by atoms with Crippen LogP contribution in [0.25, 0.3) is 22.3 Å². The van der Waals surface area contributed by atoms with Gasteiger partial charge in [0, 0.05) is 22.4 Å². The number of carbonyl (C=O) groups excluding carboxylic acids is 1. The summed E-state index contributed by atoms with van der Waals surface area (Å²) >= 11 is 6.07. The highest BCUT2D eigenvalue weighted by Crippen LogP contribution is 2.38. The van der Waals surface area contributed by atoms with Gasteiger partial charge in [0.2, 0.25) is 0 Å². The zero-order valence-corrected chi connectivity index (χ0v) is 15.9. The number of aromatic nitrogens is 2. The van der Waals surface area contributed by atoms with Gasteiger partial charge in [-0.3, -0.25) is 4.79 Å². The number of rotatable bonds is 2. The molecule has 4 heterocycles. The molecule has 1 aromatic carbocycles. The van der Waals surface area contributed by atoms with Gasteiger partial charge in [0.1, 0.15) is 6.61 Å². The first-order valence-corrected chi connectivity index (χ1v) is 9.66. The predicted octanol–water partition coefficient (Wildman–Crippen LogP) is 2.82. The minimum absolute atomic E-state index is 0.121. The number of carbonyl (C=O) groups is 1. The number of ether oxygens (including phenoxy) is 1. The Bertz CT molecular complexity index is 1230. The van der Waals surface area contributed by atoms with Crippen molar-refractivity contribution in [2.24, 2.45) is 0 Å². The molecule has 0 unspecified atom stereocenters. The number of aliphatic hydroxyl groups is 1. The average molecular weight is 397 g/mol. The minimum atomic E-state index is -1.82. The lowest BCUT2D eigenvalue weighted by Crippen LogP contribution is -2.44. The van der Waals surface area contributed by atoms with E-state index in [2.05, 4.69) is 0 Å². The van der Waals surface area contributed by atoms with Crippen molar-refractivity contribution in [1.29, 1.82) is 0 Å². The zero-order chi connectivity index (χ0) is 19.6. The molecular weight excluding hydrogens is 380 g/mol. The SMILES string of the molecule is CC[C@@]1(O)C(=O)OCc2c1cc1n(c2=O)Cc2cc3cccc(CCl)c3nc2-1. The molecule has 6 nitrogen and oxygen atoms in total. The molecule has 2 aliphatic heterocycles. The molecule has 142 valence electrons. The predicted molar refractivity (Wildman–Crippen MR) is 104 cm³/mol. The Morgan fingerprint density at radius 3 is 2.89 bits per heavy atom. The maximum absolute atomic E-state index is 13.1. The van der Waals surface area contributed by atoms with Crippen LogP contribution in [0.2, 0.25) is 0 Å². The summed E-state index contributed by atoms with van der Waals surface area (Å²) in [5, 5.41) is 11.9. The second-order valence-corrected chi connectivity index (χ2v) is 7.49. The van der Waals surface area contributed by atoms with Crippen LogP contribution in [0.5, 0.6) is 0 Å². The molecule has 1 atom stereocenters. The van der Waals surface area contributed by atoms with E-state index in [1.165, 1.54) is 0 Å². The van der Waals surface area contributed by atoms with Crippen LogP contribution in [0.1, 0.15) is 35.6 Å². The van der Waals surface area contributed by atoms with Gasteiger partial charge < -0.3 is 14.4 Å². The van der Waals surface area contributed by atoms with E-state index < -0.39 is 11.6 Å². The lowest BCUT2D eigenvalue weighted by molar-refractivity contribution is -0.172. The van der Waals surface area contributed by atoms with Crippen LogP contribution in [0.3, 0.4) is 0 Å². The van der Waals surface area contributed by atoms with Gasteiger partial charge >= 0.3 is 5.97 Å². The molecule has 3 aromatic rings. The standard InChI is InChI=1S/C21H17ClN2O4/c1-2-21(27)15-7-16-18-13(6-11-4-3-5-12(8-22)17(11)23-18)9-24(16)19(25)14(15)10-28-20(21)26/h3-7,27H,2,8-10H2,1H3/t21-/m0/s1. The summed E-state index contributed by atoms with van der Waals surface area (Å²) in [6.45, 7) is 1.95. The van der Waals surface area contributed by atoms with Crippen molar-refractivity contribution in [3.05, 3.63) is 62.9 Å². The number of cyclic esters (lactones) is 1. The molecule has 0 saturated carbocycles. The number of fused-ring (bicyclic) bond motifs is 5. The second-order valence-electron chi connectivity index (χ2n) is 7.22. The van der Waals surface area contributed by atoms with Crippen molar-refractivity contribution >= 4 is 28.5 Å². The summed E-state index contributed by atoms with van der Waals surface area (Å²) in [4.78, 5) is 30.1. The topological polar surface area (TPSA) is 81.4 Å². The molecule has 0 fully saturated rings. The number of halogens is 1. The molecule has 1 N–H and O–H groups in total. The fourth-order valence-corrected chi connectivity index (χ4v) is 4.39. The Morgan fingerprint density at radius 2 is 2.14 bits per heavy atom. The van der Waals surface area contributed by atoms with Gasteiger partial charge in [-0.1, -0.05) is 25.1 Å². The van der Waals surface area contributed by atoms with E-state index in [1.807, 2.05) is 24.3 Å². The molecule has 0 bridgehead atoms. The van der Waals surface area contributed by atoms with Crippen LogP contribution in [0.15, 0.2) is 35.1 Å². The fourth-order valence-electron chi connectivity index (χ4n) is 4.18. The monoisotopic (exact) mass is 396 g/mol. The number of hydrogen-bond donors (Lipinski definition) is 1. The Hall–Kier alpha value is -2.70. The van der Waals surface area contributed by atoms with E-state index in [1.54, 1.807) is 17.6 Å². The fraction of sp³-hybridized carbons (Fsp3) is 0.286. The third kappa shape index (κ3) is 2.16. The average Bonchev–Trinajstić information content (AvgIpc) is 3.07. The Morgan fingerprint density at radius 1 is 1.32 bits per heavy atom. The number of para-hydroxylation sites is 1. The highest BCUT2D eigenvalue weighted by atomic mass is 35.5. The number of pyridine rings is 2. The van der Waals surface area contributed by atoms with E-state index in [9.17, 15) is 14.7 Å². The van der Waals surface area contributed by atoms with Crippen molar-refractivity contribution in [3.8, 4) is 11.4 Å². The molecular formula is C21H17ClN2O4. The smallest absolute Gasteiger partial charge is 0.343 e. The summed E-state index contributed by atoms with van der Waals surface area (Å²) < 4.78 is 6.72. The Kier molecular flexibility index (Phi) is 3.66. The summed E-state index contributed by atoms with van der Waals surface area (Å²) in [5.41, 5.74) is 2.48. The van der Waals surface area contributed by atoms with Gasteiger partial charge in [-0.05, 0) is 24.1 Å². The quantitative estimate of drug-likeness (QED) is 0.416. The molecule has 0 aliphatic carbocycles. The van der Waals surface area contributed by atoms with E-state index >= 15 is 0 Å². The molecule has 7 heteroatoms. The van der Waals surface area contributed by atoms with E-state index in [0.29, 0.717) is 34.9 Å². The van der Waals surface area contributed by atoms with E-state index in [4.69, 9.17) is 21.3 Å². The maximum atomic E-state index is 13.1. The molecule has 28 heavy (non-hydrogen) atoms. The van der Waals surface area contributed by atoms with Crippen molar-refractivity contribution in [3.63, 3.8) is 0 Å². The van der Waals surface area contributed by atoms with Crippen LogP contribution in [-0.2, 0) is 34.2 Å². The van der Waals surface area contributed by atoms with Crippen LogP contribution in [0, 0.1) is 0 Å². The molecule has 0 spiro atoms. The summed E-state index contributed by atoms with van der Waals surface area (Å²) in [6.07, 6.45) is 0.121. The third-order valence-electron chi connectivity index (χ3n) is 5.77. The van der Waals surface area contributed by atoms with Gasteiger partial charge in [-0.25, -0.2) is 9.78 Å². The van der Waals surface area contributed by atoms with E-state index in [-0.39, 0.29) is 18.6 Å². The molecule has 0 amide bonds. The molecule has 2 aliphatic rings. The first kappa shape index (κ1) is 17.4. The minimum Gasteiger partial charge on any atom is -0.458 e. The van der Waals surface area contributed by atoms with Crippen LogP contribution in [-0.4, -0.2) is 20.6 Å². The van der Waals surface area contributed by atoms with Gasteiger partial charge in [0.05, 0.1) is 29.0 Å². The normalized spacial score (nSPS) is 19.9. The van der Waals surface area contributed by atoms with Gasteiger partial charge in [0.15, 0.2) is 5.60 Å². The second kappa shape index (κ2) is 5.90. The maximum Gasteiger partial charge on any atom is 0.343 e. The van der Waals surface area contributed by atoms with Crippen LogP contribution >= 0.6 is 11.6 Å². The first-order valence-electron chi connectivity index (χ1n) is 9.12. The number of hydrogen-bond acceptors (Lipinski definition) is 5. The number of nitrogens with zero attached hydrogens (tertiary/aromatic N) is 2. The molecule has 0 radical (unpaired) electrons. The lowest BCUT2D eigenvalue weighted by Gasteiger charge is -2.31. The van der Waals surface area contributed by atoms with Crippen molar-refractivity contribution in [2.45, 2.75) is 38.0 Å². The number of benzene rings is 1. The van der Waals surface area contributed by atoms with Gasteiger partial charge in [-0.15, -0.1) is 11.6 Å². The molecule has 2 aromatic heterocycles. The van der Waals surface area contributed by atoms with Crippen molar-refractivity contribution in [2.75, 3.05) is 0 Å². The number of esters is 1. The van der Waals surface area contributed by atoms with Crippen LogP contribution in [0.4, 0.5) is 0 Å². The third-order valence-corrected chi connectivity index (χ3v) is 6.05.